The van der Waals surface area contributed by atoms with Crippen LogP contribution in [0.3, 0.4) is 0 Å². The Hall–Kier alpha value is -1.14. The summed E-state index contributed by atoms with van der Waals surface area (Å²) in [5, 5.41) is 10.2. The summed E-state index contributed by atoms with van der Waals surface area (Å²) in [5.74, 6) is 0. The van der Waals surface area contributed by atoms with Gasteiger partial charge in [0.25, 0.3) is 0 Å². The van der Waals surface area contributed by atoms with Gasteiger partial charge in [0, 0.05) is 11.3 Å². The molecule has 13 heavy (non-hydrogen) atoms. The second-order valence-corrected chi connectivity index (χ2v) is 3.76. The van der Waals surface area contributed by atoms with Crippen molar-refractivity contribution in [2.24, 2.45) is 0 Å². The topological polar surface area (TPSA) is 61.4 Å². The minimum Gasteiger partial charge on any atom is -0.464 e. The molecule has 0 unspecified atom stereocenters. The first-order chi connectivity index (χ1) is 6.18. The van der Waals surface area contributed by atoms with Crippen LogP contribution < -0.4 is 10.9 Å². The molecule has 1 aromatic heterocycles. The van der Waals surface area contributed by atoms with Crippen LogP contribution in [-0.2, 0) is 6.42 Å². The van der Waals surface area contributed by atoms with E-state index in [1.165, 1.54) is 0 Å². The Morgan fingerprint density at radius 3 is 2.92 bits per heavy atom. The monoisotopic (exact) mass is 216 g/mol. The summed E-state index contributed by atoms with van der Waals surface area (Å²) in [7, 11) is 0. The Balaban J connectivity index is 2.30. The van der Waals surface area contributed by atoms with Crippen molar-refractivity contribution in [2.75, 3.05) is 0 Å². The molecule has 0 saturated heterocycles. The van der Waals surface area contributed by atoms with Crippen molar-refractivity contribution >= 4 is 34.6 Å². The van der Waals surface area contributed by atoms with Crippen molar-refractivity contribution in [3.8, 4) is 0 Å². The molecule has 1 rings (SSSR count). The van der Waals surface area contributed by atoms with E-state index in [2.05, 4.69) is 5.43 Å². The van der Waals surface area contributed by atoms with E-state index in [4.69, 9.17) is 17.3 Å². The maximum Gasteiger partial charge on any atom is 0.423 e. The van der Waals surface area contributed by atoms with Crippen LogP contribution in [0.4, 0.5) is 4.79 Å². The van der Waals surface area contributed by atoms with Gasteiger partial charge in [-0.25, -0.2) is 10.2 Å². The highest BCUT2D eigenvalue weighted by Gasteiger charge is 2.00. The van der Waals surface area contributed by atoms with Gasteiger partial charge in [0.2, 0.25) is 0 Å². The molecule has 0 bridgehead atoms. The largest absolute Gasteiger partial charge is 0.464 e. The summed E-state index contributed by atoms with van der Waals surface area (Å²) < 4.78 is 0. The maximum absolute atomic E-state index is 10.1. The zero-order valence-electron chi connectivity index (χ0n) is 6.61. The molecule has 0 radical (unpaired) electrons. The summed E-state index contributed by atoms with van der Waals surface area (Å²) in [6.07, 6.45) is -0.582. The van der Waals surface area contributed by atoms with Crippen LogP contribution in [0.2, 0.25) is 0 Å². The molecule has 0 atom stereocenters. The smallest absolute Gasteiger partial charge is 0.423 e. The third-order valence-electron chi connectivity index (χ3n) is 1.22. The molecular formula is C7H8N2O2S2. The first kappa shape index (κ1) is 9.94. The van der Waals surface area contributed by atoms with Crippen molar-refractivity contribution in [2.45, 2.75) is 6.42 Å². The number of carbonyl (C=O) groups is 1. The zero-order valence-corrected chi connectivity index (χ0v) is 8.24. The van der Waals surface area contributed by atoms with Gasteiger partial charge in [0.15, 0.2) is 0 Å². The molecule has 0 aliphatic carbocycles. The molecule has 0 aliphatic rings. The van der Waals surface area contributed by atoms with Crippen LogP contribution in [-0.4, -0.2) is 16.2 Å². The standard InChI is InChI=1S/C7H8N2O2S2/c10-7(11)9-8-6(12)4-5-2-1-3-13-5/h1-3,9H,4H2,(H,8,12)(H,10,11). The second kappa shape index (κ2) is 4.78. The van der Waals surface area contributed by atoms with Crippen molar-refractivity contribution in [1.82, 2.24) is 10.9 Å². The summed E-state index contributed by atoms with van der Waals surface area (Å²) in [5.41, 5.74) is 4.40. The van der Waals surface area contributed by atoms with Crippen molar-refractivity contribution in [3.05, 3.63) is 22.4 Å². The maximum atomic E-state index is 10.1. The van der Waals surface area contributed by atoms with Crippen LogP contribution >= 0.6 is 23.6 Å². The lowest BCUT2D eigenvalue weighted by Crippen LogP contribution is -2.40. The second-order valence-electron chi connectivity index (χ2n) is 2.23. The number of hydrogen-bond acceptors (Lipinski definition) is 3. The third kappa shape index (κ3) is 3.86. The lowest BCUT2D eigenvalue weighted by atomic mass is 10.3. The number of nitrogens with one attached hydrogen (secondary N) is 2. The average molecular weight is 216 g/mol. The molecule has 70 valence electrons. The van der Waals surface area contributed by atoms with Crippen LogP contribution in [0.25, 0.3) is 0 Å². The Bertz CT molecular complexity index is 297. The van der Waals surface area contributed by atoms with E-state index in [0.29, 0.717) is 11.4 Å². The average Bonchev–Trinajstić information content (AvgIpc) is 2.53. The van der Waals surface area contributed by atoms with Crippen molar-refractivity contribution < 1.29 is 9.90 Å². The molecule has 0 saturated carbocycles. The molecule has 0 fully saturated rings. The quantitative estimate of drug-likeness (QED) is 0.516. The Labute approximate surface area is 84.6 Å². The SMILES string of the molecule is O=C(O)NNC(=S)Cc1cccs1. The molecule has 0 aliphatic heterocycles. The van der Waals surface area contributed by atoms with Gasteiger partial charge in [-0.1, -0.05) is 18.3 Å². The van der Waals surface area contributed by atoms with Crippen LogP contribution in [0, 0.1) is 0 Å². The molecule has 0 aromatic carbocycles. The van der Waals surface area contributed by atoms with E-state index in [-0.39, 0.29) is 0 Å². The molecule has 0 spiro atoms. The van der Waals surface area contributed by atoms with Crippen molar-refractivity contribution in [3.63, 3.8) is 0 Å². The van der Waals surface area contributed by atoms with Crippen molar-refractivity contribution in [1.29, 1.82) is 0 Å². The van der Waals surface area contributed by atoms with Crippen LogP contribution in [0.5, 0.6) is 0 Å². The molecule has 1 aromatic rings. The van der Waals surface area contributed by atoms with Gasteiger partial charge < -0.3 is 5.11 Å². The number of rotatable bonds is 2. The number of carboxylic acid groups (broad SMARTS) is 1. The normalized spacial score (nSPS) is 9.23. The van der Waals surface area contributed by atoms with E-state index in [9.17, 15) is 4.79 Å². The first-order valence-electron chi connectivity index (χ1n) is 3.48. The van der Waals surface area contributed by atoms with Crippen LogP contribution in [0.15, 0.2) is 17.5 Å². The lowest BCUT2D eigenvalue weighted by molar-refractivity contribution is 0.192. The summed E-state index contributed by atoms with van der Waals surface area (Å²) >= 11 is 6.47. The van der Waals surface area contributed by atoms with Gasteiger partial charge >= 0.3 is 6.09 Å². The van der Waals surface area contributed by atoms with Crippen LogP contribution in [0.1, 0.15) is 4.88 Å². The summed E-state index contributed by atoms with van der Waals surface area (Å²) in [6, 6.07) is 3.87. The molecule has 3 N–H and O–H groups in total. The van der Waals surface area contributed by atoms with Gasteiger partial charge in [-0.15, -0.1) is 11.3 Å². The number of thiocarbonyl (C=S) groups is 1. The highest BCUT2D eigenvalue weighted by molar-refractivity contribution is 7.80. The summed E-state index contributed by atoms with van der Waals surface area (Å²) in [6.45, 7) is 0. The molecule has 1 amide bonds. The molecule has 4 nitrogen and oxygen atoms in total. The predicted octanol–water partition coefficient (Wildman–Crippen LogP) is 1.39. The van der Waals surface area contributed by atoms with E-state index in [1.54, 1.807) is 11.3 Å². The highest BCUT2D eigenvalue weighted by atomic mass is 32.1. The number of amides is 1. The molecule has 6 heteroatoms. The van der Waals surface area contributed by atoms with E-state index >= 15 is 0 Å². The van der Waals surface area contributed by atoms with Gasteiger partial charge in [0.1, 0.15) is 0 Å². The fraction of sp³-hybridized carbons (Fsp3) is 0.143. The Morgan fingerprint density at radius 2 is 2.38 bits per heavy atom. The predicted molar refractivity (Wildman–Crippen MR) is 54.9 cm³/mol. The summed E-state index contributed by atoms with van der Waals surface area (Å²) in [4.78, 5) is 11.6. The van der Waals surface area contributed by atoms with Gasteiger partial charge in [-0.05, 0) is 11.4 Å². The fourth-order valence-electron chi connectivity index (χ4n) is 0.739. The number of hydrazine groups is 1. The number of thiophene rings is 1. The van der Waals surface area contributed by atoms with E-state index < -0.39 is 6.09 Å². The molecule has 1 heterocycles. The Kier molecular flexibility index (Phi) is 3.66. The van der Waals surface area contributed by atoms with E-state index in [0.717, 1.165) is 4.88 Å². The molecular weight excluding hydrogens is 208 g/mol. The fourth-order valence-corrected chi connectivity index (χ4v) is 1.75. The zero-order chi connectivity index (χ0) is 9.68. The highest BCUT2D eigenvalue weighted by Crippen LogP contribution is 2.08. The number of hydrogen-bond donors (Lipinski definition) is 3. The lowest BCUT2D eigenvalue weighted by Gasteiger charge is -2.04. The van der Waals surface area contributed by atoms with Gasteiger partial charge in [-0.2, -0.15) is 0 Å². The minimum absolute atomic E-state index is 0.463. The van der Waals surface area contributed by atoms with Gasteiger partial charge in [0.05, 0.1) is 4.99 Å². The third-order valence-corrected chi connectivity index (χ3v) is 2.35. The minimum atomic E-state index is -1.14. The first-order valence-corrected chi connectivity index (χ1v) is 4.77. The van der Waals surface area contributed by atoms with E-state index in [1.807, 2.05) is 22.9 Å². The Morgan fingerprint density at radius 1 is 1.62 bits per heavy atom. The van der Waals surface area contributed by atoms with Gasteiger partial charge in [-0.3, -0.25) is 5.43 Å².